The fourth-order valence-corrected chi connectivity index (χ4v) is 4.61. The molecule has 1 unspecified atom stereocenters. The van der Waals surface area contributed by atoms with E-state index in [4.69, 9.17) is 9.97 Å². The van der Waals surface area contributed by atoms with Crippen LogP contribution in [0.1, 0.15) is 41.0 Å². The molecule has 0 aliphatic carbocycles. The molecule has 3 heterocycles. The lowest BCUT2D eigenvalue weighted by Gasteiger charge is -2.30. The van der Waals surface area contributed by atoms with Crippen LogP contribution in [0.2, 0.25) is 0 Å². The first-order chi connectivity index (χ1) is 21.3. The number of piperazine rings is 1. The van der Waals surface area contributed by atoms with Gasteiger partial charge < -0.3 is 25.2 Å². The second-order valence-electron chi connectivity index (χ2n) is 10.6. The summed E-state index contributed by atoms with van der Waals surface area (Å²) in [5.41, 5.74) is 5.76. The van der Waals surface area contributed by atoms with Gasteiger partial charge >= 0.3 is 0 Å². The second-order valence-corrected chi connectivity index (χ2v) is 10.6. The minimum absolute atomic E-state index is 0.162. The standard InChI is InChI=1S/C24H27N5.C7H14N2O.C3H6.C2H6/c1-16(9-7-14-22-17(2)29(22)4)26-24-20-12-5-6-13-21(20)27-23(28-24)18-10-8-11-19(15-18)25-3;1-8-2-4-9(5-3-8)6-7-10;1-3-2;1-2/h5-13,15-16,25H,14H2,1-4H3,(H,26,27,28);7H,2-6H2,1H3;3H,1H2,2H3;1-2H3/b9-7-;;;. The summed E-state index contributed by atoms with van der Waals surface area (Å²) in [5, 5.41) is 7.76. The fourth-order valence-electron chi connectivity index (χ4n) is 4.61. The lowest BCUT2D eigenvalue weighted by Crippen LogP contribution is -2.44. The third-order valence-corrected chi connectivity index (χ3v) is 7.32. The Balaban J connectivity index is 0.000000375. The van der Waals surface area contributed by atoms with E-state index in [1.54, 1.807) is 6.08 Å². The fraction of sp³-hybridized carbons (Fsp3) is 0.417. The summed E-state index contributed by atoms with van der Waals surface area (Å²) in [6, 6.07) is 16.5. The van der Waals surface area contributed by atoms with Gasteiger partial charge in [-0.25, -0.2) is 9.97 Å². The minimum atomic E-state index is 0.162. The van der Waals surface area contributed by atoms with Gasteiger partial charge in [0, 0.05) is 80.8 Å². The van der Waals surface area contributed by atoms with E-state index in [9.17, 15) is 4.79 Å². The number of nitrogens with one attached hydrogen (secondary N) is 2. The Bertz CT molecular complexity index is 1380. The Hall–Kier alpha value is -4.01. The Labute approximate surface area is 265 Å². The van der Waals surface area contributed by atoms with E-state index in [1.807, 2.05) is 64.2 Å². The van der Waals surface area contributed by atoms with Crippen LogP contribution in [0.25, 0.3) is 22.3 Å². The van der Waals surface area contributed by atoms with Crippen LogP contribution in [0, 0.1) is 0 Å². The molecule has 0 bridgehead atoms. The number of allylic oxidation sites excluding steroid dienone is 3. The van der Waals surface area contributed by atoms with E-state index in [1.165, 1.54) is 11.4 Å². The van der Waals surface area contributed by atoms with Gasteiger partial charge in [-0.1, -0.05) is 56.3 Å². The summed E-state index contributed by atoms with van der Waals surface area (Å²) in [6.45, 7) is 18.4. The smallest absolute Gasteiger partial charge is 0.162 e. The van der Waals surface area contributed by atoms with E-state index in [0.717, 1.165) is 72.7 Å². The first-order valence-corrected chi connectivity index (χ1v) is 15.6. The number of fused-ring (bicyclic) bond motifs is 1. The maximum atomic E-state index is 10.1. The number of hydrogen-bond donors (Lipinski definition) is 2. The third kappa shape index (κ3) is 11.2. The summed E-state index contributed by atoms with van der Waals surface area (Å²) < 4.78 is 0. The van der Waals surface area contributed by atoms with Crippen molar-refractivity contribution in [2.45, 2.75) is 47.1 Å². The monoisotopic (exact) mass is 599 g/mol. The molecule has 5 rings (SSSR count). The molecule has 1 aromatic heterocycles. The summed E-state index contributed by atoms with van der Waals surface area (Å²) in [6.07, 6.45) is 8.12. The van der Waals surface area contributed by atoms with Gasteiger partial charge in [0.15, 0.2) is 5.82 Å². The highest BCUT2D eigenvalue weighted by Gasteiger charge is 2.22. The molecule has 238 valence electrons. The molecule has 1 fully saturated rings. The van der Waals surface area contributed by atoms with Crippen molar-refractivity contribution < 1.29 is 4.79 Å². The molecule has 3 aromatic rings. The molecular formula is C36H53N7O. The van der Waals surface area contributed by atoms with Crippen LogP contribution >= 0.6 is 0 Å². The van der Waals surface area contributed by atoms with Crippen LogP contribution in [0.3, 0.4) is 0 Å². The zero-order chi connectivity index (χ0) is 32.5. The van der Waals surface area contributed by atoms with Crippen LogP contribution in [-0.2, 0) is 4.79 Å². The largest absolute Gasteiger partial charge is 0.388 e. The quantitative estimate of drug-likeness (QED) is 0.203. The van der Waals surface area contributed by atoms with Gasteiger partial charge in [0.1, 0.15) is 12.1 Å². The number of aldehydes is 1. The number of para-hydroxylation sites is 1. The molecule has 2 aromatic carbocycles. The molecule has 2 aliphatic rings. The van der Waals surface area contributed by atoms with Crippen molar-refractivity contribution >= 4 is 28.7 Å². The normalized spacial score (nSPS) is 15.2. The number of aromatic nitrogens is 2. The van der Waals surface area contributed by atoms with E-state index in [-0.39, 0.29) is 6.04 Å². The van der Waals surface area contributed by atoms with Gasteiger partial charge in [0.2, 0.25) is 0 Å². The number of rotatable bonds is 9. The topological polar surface area (TPSA) is 76.4 Å². The Morgan fingerprint density at radius 2 is 1.68 bits per heavy atom. The highest BCUT2D eigenvalue weighted by molar-refractivity contribution is 5.90. The first-order valence-electron chi connectivity index (χ1n) is 15.6. The van der Waals surface area contributed by atoms with Crippen molar-refractivity contribution in [2.75, 3.05) is 64.5 Å². The minimum Gasteiger partial charge on any atom is -0.388 e. The van der Waals surface area contributed by atoms with Crippen molar-refractivity contribution in [1.29, 1.82) is 0 Å². The van der Waals surface area contributed by atoms with Gasteiger partial charge in [-0.05, 0) is 52.1 Å². The predicted octanol–water partition coefficient (Wildman–Crippen LogP) is 6.91. The van der Waals surface area contributed by atoms with Crippen molar-refractivity contribution in [3.05, 3.63) is 84.7 Å². The number of likely N-dealkylation sites (N-methyl/N-ethyl adjacent to an activating group) is 1. The summed E-state index contributed by atoms with van der Waals surface area (Å²) in [4.78, 5) is 26.4. The summed E-state index contributed by atoms with van der Waals surface area (Å²) in [7, 11) is 6.13. The second kappa shape index (κ2) is 19.3. The molecule has 1 atom stereocenters. The van der Waals surface area contributed by atoms with Crippen LogP contribution in [0.5, 0.6) is 0 Å². The van der Waals surface area contributed by atoms with Gasteiger partial charge in [-0.3, -0.25) is 4.90 Å². The first kappa shape index (κ1) is 36.2. The van der Waals surface area contributed by atoms with E-state index in [0.29, 0.717) is 6.54 Å². The van der Waals surface area contributed by atoms with Gasteiger partial charge in [-0.15, -0.1) is 6.58 Å². The third-order valence-electron chi connectivity index (χ3n) is 7.32. The number of nitrogens with zero attached hydrogens (tertiary/aromatic N) is 5. The molecule has 0 amide bonds. The number of anilines is 2. The van der Waals surface area contributed by atoms with Crippen LogP contribution in [-0.4, -0.2) is 90.9 Å². The van der Waals surface area contributed by atoms with Crippen molar-refractivity contribution in [3.63, 3.8) is 0 Å². The van der Waals surface area contributed by atoms with Gasteiger partial charge in [0.25, 0.3) is 0 Å². The van der Waals surface area contributed by atoms with Gasteiger partial charge in [0.05, 0.1) is 12.1 Å². The van der Waals surface area contributed by atoms with E-state index >= 15 is 0 Å². The Morgan fingerprint density at radius 1 is 1.02 bits per heavy atom. The number of carbonyl (C=O) groups is 1. The lowest BCUT2D eigenvalue weighted by atomic mass is 10.1. The van der Waals surface area contributed by atoms with Crippen LogP contribution in [0.4, 0.5) is 11.5 Å². The number of benzene rings is 2. The maximum Gasteiger partial charge on any atom is 0.162 e. The van der Waals surface area contributed by atoms with Crippen LogP contribution < -0.4 is 10.6 Å². The Morgan fingerprint density at radius 3 is 2.30 bits per heavy atom. The number of carbonyl (C=O) groups excluding carboxylic acids is 1. The van der Waals surface area contributed by atoms with Crippen molar-refractivity contribution in [1.82, 2.24) is 24.7 Å². The Kier molecular flexibility index (Phi) is 15.9. The number of hydrogen-bond acceptors (Lipinski definition) is 8. The lowest BCUT2D eigenvalue weighted by molar-refractivity contribution is -0.109. The maximum absolute atomic E-state index is 10.1. The molecule has 0 saturated carbocycles. The zero-order valence-corrected chi connectivity index (χ0v) is 28.1. The molecule has 8 nitrogen and oxygen atoms in total. The molecule has 44 heavy (non-hydrogen) atoms. The van der Waals surface area contributed by atoms with Crippen molar-refractivity contribution in [3.8, 4) is 11.4 Å². The van der Waals surface area contributed by atoms with E-state index in [2.05, 4.69) is 84.1 Å². The average molecular weight is 600 g/mol. The van der Waals surface area contributed by atoms with Gasteiger partial charge in [-0.2, -0.15) is 0 Å². The average Bonchev–Trinajstić information content (AvgIpc) is 3.62. The molecule has 1 saturated heterocycles. The molecule has 8 heteroatoms. The predicted molar refractivity (Wildman–Crippen MR) is 189 cm³/mol. The van der Waals surface area contributed by atoms with Crippen molar-refractivity contribution in [2.24, 2.45) is 0 Å². The molecule has 2 aliphatic heterocycles. The molecule has 0 radical (unpaired) electrons. The molecular weight excluding hydrogens is 546 g/mol. The van der Waals surface area contributed by atoms with E-state index < -0.39 is 0 Å². The summed E-state index contributed by atoms with van der Waals surface area (Å²) >= 11 is 0. The highest BCUT2D eigenvalue weighted by Crippen LogP contribution is 2.31. The highest BCUT2D eigenvalue weighted by atomic mass is 16.1. The summed E-state index contributed by atoms with van der Waals surface area (Å²) in [5.74, 6) is 1.58. The van der Waals surface area contributed by atoms with Crippen LogP contribution in [0.15, 0.2) is 84.7 Å². The zero-order valence-electron chi connectivity index (χ0n) is 28.1. The SMILES string of the molecule is C=CC.CC.CN1CCN(CC=O)CC1.CNc1cccc(-c2nc(NC(C)/C=C\CC3=C(C)N3C)c3ccccc3n2)c1. The molecule has 2 N–H and O–H groups in total. The molecule has 0 spiro atoms.